The summed E-state index contributed by atoms with van der Waals surface area (Å²) in [4.78, 5) is 38.6. The van der Waals surface area contributed by atoms with Gasteiger partial charge in [0.25, 0.3) is 5.91 Å². The molecule has 0 unspecified atom stereocenters. The average molecular weight is 391 g/mol. The molecule has 8 heteroatoms. The van der Waals surface area contributed by atoms with Crippen molar-refractivity contribution in [2.45, 2.75) is 0 Å². The summed E-state index contributed by atoms with van der Waals surface area (Å²) in [5, 5.41) is 3.74. The number of hydrogen-bond acceptors (Lipinski definition) is 4. The SMILES string of the molecule is O=C(COC(=O)c1cc(=O)[nH]c2ccccc12)Nc1ccc(Cl)cc1Cl. The number of amides is 1. The van der Waals surface area contributed by atoms with Gasteiger partial charge in [0.2, 0.25) is 5.56 Å². The maximum Gasteiger partial charge on any atom is 0.339 e. The van der Waals surface area contributed by atoms with Crippen LogP contribution in [-0.2, 0) is 9.53 Å². The van der Waals surface area contributed by atoms with Crippen molar-refractivity contribution in [3.8, 4) is 0 Å². The number of H-pyrrole nitrogens is 1. The van der Waals surface area contributed by atoms with Crippen molar-refractivity contribution in [1.29, 1.82) is 0 Å². The molecule has 6 nitrogen and oxygen atoms in total. The largest absolute Gasteiger partial charge is 0.452 e. The predicted molar refractivity (Wildman–Crippen MR) is 99.9 cm³/mol. The van der Waals surface area contributed by atoms with Crippen LogP contribution in [0.25, 0.3) is 10.9 Å². The number of para-hydroxylation sites is 1. The van der Waals surface area contributed by atoms with Crippen LogP contribution < -0.4 is 10.9 Å². The van der Waals surface area contributed by atoms with Crippen molar-refractivity contribution in [2.24, 2.45) is 0 Å². The summed E-state index contributed by atoms with van der Waals surface area (Å²) < 4.78 is 5.02. The van der Waals surface area contributed by atoms with Crippen molar-refractivity contribution in [3.05, 3.63) is 74.5 Å². The molecule has 1 amide bonds. The number of carbonyl (C=O) groups is 2. The number of hydrogen-bond donors (Lipinski definition) is 2. The lowest BCUT2D eigenvalue weighted by Gasteiger charge is -2.09. The van der Waals surface area contributed by atoms with Gasteiger partial charge >= 0.3 is 5.97 Å². The second-order valence-electron chi connectivity index (χ2n) is 5.34. The molecule has 0 saturated carbocycles. The van der Waals surface area contributed by atoms with Gasteiger partial charge in [-0.1, -0.05) is 41.4 Å². The zero-order valence-electron chi connectivity index (χ0n) is 13.2. The van der Waals surface area contributed by atoms with Crippen LogP contribution in [0, 0.1) is 0 Å². The highest BCUT2D eigenvalue weighted by molar-refractivity contribution is 6.36. The number of anilines is 1. The van der Waals surface area contributed by atoms with Gasteiger partial charge in [-0.3, -0.25) is 9.59 Å². The molecule has 0 atom stereocenters. The summed E-state index contributed by atoms with van der Waals surface area (Å²) in [5.41, 5.74) is 0.498. The van der Waals surface area contributed by atoms with Gasteiger partial charge in [-0.25, -0.2) is 4.79 Å². The molecule has 3 rings (SSSR count). The third-order valence-electron chi connectivity index (χ3n) is 3.51. The Morgan fingerprint density at radius 1 is 1.08 bits per heavy atom. The van der Waals surface area contributed by atoms with Gasteiger partial charge in [0.1, 0.15) is 0 Å². The van der Waals surface area contributed by atoms with Gasteiger partial charge in [0.05, 0.1) is 16.3 Å². The number of carbonyl (C=O) groups excluding carboxylic acids is 2. The van der Waals surface area contributed by atoms with Gasteiger partial charge in [-0.2, -0.15) is 0 Å². The number of benzene rings is 2. The van der Waals surface area contributed by atoms with Gasteiger partial charge in [0, 0.05) is 22.0 Å². The first kappa shape index (κ1) is 18.0. The monoisotopic (exact) mass is 390 g/mol. The quantitative estimate of drug-likeness (QED) is 0.665. The van der Waals surface area contributed by atoms with E-state index >= 15 is 0 Å². The summed E-state index contributed by atoms with van der Waals surface area (Å²) in [5.74, 6) is -1.35. The number of halogens is 2. The van der Waals surface area contributed by atoms with Gasteiger partial charge in [-0.05, 0) is 24.3 Å². The zero-order chi connectivity index (χ0) is 18.7. The first-order valence-electron chi connectivity index (χ1n) is 7.48. The number of ether oxygens (including phenoxy) is 1. The van der Waals surface area contributed by atoms with Gasteiger partial charge in [-0.15, -0.1) is 0 Å². The zero-order valence-corrected chi connectivity index (χ0v) is 14.7. The number of aromatic nitrogens is 1. The molecule has 0 spiro atoms. The van der Waals surface area contributed by atoms with Gasteiger partial charge < -0.3 is 15.0 Å². The first-order valence-corrected chi connectivity index (χ1v) is 8.24. The molecule has 0 aliphatic rings. The third kappa shape index (κ3) is 4.04. The van der Waals surface area contributed by atoms with E-state index in [1.165, 1.54) is 12.1 Å². The van der Waals surface area contributed by atoms with Crippen molar-refractivity contribution >= 4 is 51.7 Å². The van der Waals surface area contributed by atoms with Crippen LogP contribution >= 0.6 is 23.2 Å². The van der Waals surface area contributed by atoms with Crippen LogP contribution in [0.1, 0.15) is 10.4 Å². The van der Waals surface area contributed by atoms with E-state index in [-0.39, 0.29) is 10.6 Å². The molecule has 1 heterocycles. The Kier molecular flexibility index (Phi) is 5.25. The molecule has 0 radical (unpaired) electrons. The normalized spacial score (nSPS) is 10.5. The third-order valence-corrected chi connectivity index (χ3v) is 4.06. The van der Waals surface area contributed by atoms with E-state index in [4.69, 9.17) is 27.9 Å². The molecule has 0 fully saturated rings. The van der Waals surface area contributed by atoms with E-state index in [0.29, 0.717) is 21.6 Å². The second kappa shape index (κ2) is 7.59. The van der Waals surface area contributed by atoms with Crippen molar-refractivity contribution in [2.75, 3.05) is 11.9 Å². The molecule has 1 aromatic heterocycles. The molecule has 2 N–H and O–H groups in total. The number of pyridine rings is 1. The molecule has 3 aromatic rings. The lowest BCUT2D eigenvalue weighted by atomic mass is 10.1. The highest BCUT2D eigenvalue weighted by Crippen LogP contribution is 2.25. The lowest BCUT2D eigenvalue weighted by molar-refractivity contribution is -0.119. The Morgan fingerprint density at radius 3 is 2.62 bits per heavy atom. The molecular formula is C18H12Cl2N2O4. The van der Waals surface area contributed by atoms with Crippen molar-refractivity contribution < 1.29 is 14.3 Å². The van der Waals surface area contributed by atoms with E-state index in [1.54, 1.807) is 30.3 Å². The predicted octanol–water partition coefficient (Wildman–Crippen LogP) is 3.63. The Morgan fingerprint density at radius 2 is 1.85 bits per heavy atom. The number of rotatable bonds is 4. The van der Waals surface area contributed by atoms with E-state index < -0.39 is 24.0 Å². The maximum absolute atomic E-state index is 12.3. The Bertz CT molecular complexity index is 1060. The highest BCUT2D eigenvalue weighted by Gasteiger charge is 2.15. The minimum atomic E-state index is -0.773. The standard InChI is InChI=1S/C18H12Cl2N2O4/c19-10-5-6-15(13(20)7-10)22-17(24)9-26-18(25)12-8-16(23)21-14-4-2-1-3-11(12)14/h1-8H,9H2,(H,21,23)(H,22,24). The van der Waals surface area contributed by atoms with Crippen LogP contribution in [0.3, 0.4) is 0 Å². The second-order valence-corrected chi connectivity index (χ2v) is 6.18. The molecule has 0 aliphatic carbocycles. The smallest absolute Gasteiger partial charge is 0.339 e. The van der Waals surface area contributed by atoms with Crippen LogP contribution in [0.5, 0.6) is 0 Å². The fourth-order valence-electron chi connectivity index (χ4n) is 2.36. The number of fused-ring (bicyclic) bond motifs is 1. The average Bonchev–Trinajstić information content (AvgIpc) is 2.61. The molecular weight excluding hydrogens is 379 g/mol. The molecule has 0 saturated heterocycles. The lowest BCUT2D eigenvalue weighted by Crippen LogP contribution is -2.22. The van der Waals surface area contributed by atoms with Crippen LogP contribution in [0.2, 0.25) is 10.0 Å². The number of esters is 1. The molecule has 0 aliphatic heterocycles. The number of aromatic amines is 1. The Hall–Kier alpha value is -2.83. The van der Waals surface area contributed by atoms with E-state index in [2.05, 4.69) is 10.3 Å². The molecule has 26 heavy (non-hydrogen) atoms. The van der Waals surface area contributed by atoms with Crippen molar-refractivity contribution in [1.82, 2.24) is 4.98 Å². The summed E-state index contributed by atoms with van der Waals surface area (Å²) in [6.07, 6.45) is 0. The number of nitrogens with one attached hydrogen (secondary N) is 2. The van der Waals surface area contributed by atoms with E-state index in [1.807, 2.05) is 0 Å². The molecule has 0 bridgehead atoms. The van der Waals surface area contributed by atoms with Crippen LogP contribution in [0.15, 0.2) is 53.3 Å². The van der Waals surface area contributed by atoms with Crippen LogP contribution in [0.4, 0.5) is 5.69 Å². The molecule has 132 valence electrons. The fourth-order valence-corrected chi connectivity index (χ4v) is 2.82. The maximum atomic E-state index is 12.3. The van der Waals surface area contributed by atoms with E-state index in [0.717, 1.165) is 6.07 Å². The Labute approximate surface area is 157 Å². The minimum Gasteiger partial charge on any atom is -0.452 e. The van der Waals surface area contributed by atoms with E-state index in [9.17, 15) is 14.4 Å². The Balaban J connectivity index is 1.71. The summed E-state index contributed by atoms with van der Waals surface area (Å²) in [6, 6.07) is 12.5. The molecule has 2 aromatic carbocycles. The topological polar surface area (TPSA) is 88.3 Å². The summed E-state index contributed by atoms with van der Waals surface area (Å²) in [7, 11) is 0. The van der Waals surface area contributed by atoms with Crippen LogP contribution in [-0.4, -0.2) is 23.5 Å². The fraction of sp³-hybridized carbons (Fsp3) is 0.0556. The minimum absolute atomic E-state index is 0.0849. The first-order chi connectivity index (χ1) is 12.4. The summed E-state index contributed by atoms with van der Waals surface area (Å²) in [6.45, 7) is -0.529. The van der Waals surface area contributed by atoms with Crippen molar-refractivity contribution in [3.63, 3.8) is 0 Å². The highest BCUT2D eigenvalue weighted by atomic mass is 35.5. The summed E-state index contributed by atoms with van der Waals surface area (Å²) >= 11 is 11.8. The van der Waals surface area contributed by atoms with Gasteiger partial charge in [0.15, 0.2) is 6.61 Å².